The fourth-order valence-corrected chi connectivity index (χ4v) is 2.87. The van der Waals surface area contributed by atoms with E-state index in [9.17, 15) is 0 Å². The Kier molecular flexibility index (Phi) is 3.03. The SMILES string of the molecule is CC1=NC(CN(C)C)(c2cn(C)c3ccccc23)NO1. The molecule has 0 radical (unpaired) electrons. The van der Waals surface area contributed by atoms with E-state index in [0.717, 1.165) is 12.1 Å². The van der Waals surface area contributed by atoms with Gasteiger partial charge in [-0.05, 0) is 20.2 Å². The van der Waals surface area contributed by atoms with Gasteiger partial charge in [0.25, 0.3) is 0 Å². The van der Waals surface area contributed by atoms with E-state index in [1.807, 2.05) is 21.0 Å². The van der Waals surface area contributed by atoms with Gasteiger partial charge < -0.3 is 14.3 Å². The summed E-state index contributed by atoms with van der Waals surface area (Å²) in [6.07, 6.45) is 2.13. The number of fused-ring (bicyclic) bond motifs is 1. The van der Waals surface area contributed by atoms with Gasteiger partial charge in [-0.25, -0.2) is 4.99 Å². The largest absolute Gasteiger partial charge is 0.391 e. The lowest BCUT2D eigenvalue weighted by atomic mass is 9.99. The van der Waals surface area contributed by atoms with Crippen LogP contribution < -0.4 is 5.48 Å². The fourth-order valence-electron chi connectivity index (χ4n) is 2.87. The summed E-state index contributed by atoms with van der Waals surface area (Å²) in [5.41, 5.74) is 4.90. The minimum Gasteiger partial charge on any atom is -0.391 e. The first kappa shape index (κ1) is 13.1. The highest BCUT2D eigenvalue weighted by molar-refractivity contribution is 5.86. The van der Waals surface area contributed by atoms with Crippen LogP contribution in [0.4, 0.5) is 0 Å². The van der Waals surface area contributed by atoms with Crippen molar-refractivity contribution in [3.8, 4) is 0 Å². The Hall–Kier alpha value is -1.85. The number of hydrogen-bond donors (Lipinski definition) is 1. The van der Waals surface area contributed by atoms with E-state index in [0.29, 0.717) is 5.90 Å². The molecule has 106 valence electrons. The lowest BCUT2D eigenvalue weighted by Crippen LogP contribution is -2.44. The highest BCUT2D eigenvalue weighted by Crippen LogP contribution is 2.34. The molecule has 0 fully saturated rings. The number of hydrogen-bond acceptors (Lipinski definition) is 4. The molecule has 5 heteroatoms. The van der Waals surface area contributed by atoms with Gasteiger partial charge in [0.1, 0.15) is 0 Å². The molecule has 0 saturated carbocycles. The molecule has 2 aromatic rings. The molecule has 1 N–H and O–H groups in total. The average Bonchev–Trinajstić information content (AvgIpc) is 2.92. The van der Waals surface area contributed by atoms with Crippen molar-refractivity contribution in [3.63, 3.8) is 0 Å². The summed E-state index contributed by atoms with van der Waals surface area (Å²) in [5.74, 6) is 0.666. The second-order valence-corrected chi connectivity index (χ2v) is 5.60. The molecule has 1 aromatic carbocycles. The highest BCUT2D eigenvalue weighted by atomic mass is 16.7. The van der Waals surface area contributed by atoms with Crippen molar-refractivity contribution in [2.45, 2.75) is 12.6 Å². The summed E-state index contributed by atoms with van der Waals surface area (Å²) in [4.78, 5) is 12.3. The van der Waals surface area contributed by atoms with E-state index in [-0.39, 0.29) is 0 Å². The van der Waals surface area contributed by atoms with E-state index in [1.165, 1.54) is 10.9 Å². The molecule has 1 unspecified atom stereocenters. The van der Waals surface area contributed by atoms with Gasteiger partial charge in [0.05, 0.1) is 0 Å². The van der Waals surface area contributed by atoms with E-state index in [1.54, 1.807) is 0 Å². The number of rotatable bonds is 3. The zero-order valence-electron chi connectivity index (χ0n) is 12.3. The Balaban J connectivity index is 2.20. The van der Waals surface area contributed by atoms with Crippen LogP contribution in [0.25, 0.3) is 10.9 Å². The number of hydroxylamine groups is 1. The van der Waals surface area contributed by atoms with Gasteiger partial charge in [0.15, 0.2) is 5.66 Å². The summed E-state index contributed by atoms with van der Waals surface area (Å²) in [6.45, 7) is 2.61. The zero-order valence-corrected chi connectivity index (χ0v) is 12.3. The molecule has 2 heterocycles. The molecule has 5 nitrogen and oxygen atoms in total. The second kappa shape index (κ2) is 4.61. The van der Waals surface area contributed by atoms with Gasteiger partial charge in [0, 0.05) is 43.2 Å². The lowest BCUT2D eigenvalue weighted by molar-refractivity contribution is 0.0958. The molecule has 0 amide bonds. The van der Waals surface area contributed by atoms with Crippen molar-refractivity contribution in [3.05, 3.63) is 36.0 Å². The standard InChI is InChI=1S/C15H20N4O/c1-11-16-15(17-20-11,10-18(2)3)13-9-19(4)14-8-6-5-7-12(13)14/h5-9,17H,10H2,1-4H3. The van der Waals surface area contributed by atoms with Crippen LogP contribution in [-0.4, -0.2) is 36.0 Å². The quantitative estimate of drug-likeness (QED) is 0.927. The number of nitrogens with zero attached hydrogens (tertiary/aromatic N) is 3. The maximum absolute atomic E-state index is 5.45. The van der Waals surface area contributed by atoms with Gasteiger partial charge in [0.2, 0.25) is 5.90 Å². The molecular weight excluding hydrogens is 252 g/mol. The summed E-state index contributed by atoms with van der Waals surface area (Å²) in [5, 5.41) is 1.20. The third-order valence-electron chi connectivity index (χ3n) is 3.60. The molecule has 0 aliphatic carbocycles. The average molecular weight is 272 g/mol. The van der Waals surface area contributed by atoms with Gasteiger partial charge in [-0.1, -0.05) is 18.2 Å². The zero-order chi connectivity index (χ0) is 14.3. The molecule has 0 bridgehead atoms. The summed E-state index contributed by atoms with van der Waals surface area (Å²) in [6, 6.07) is 8.36. The second-order valence-electron chi connectivity index (χ2n) is 5.60. The predicted octanol–water partition coefficient (Wildman–Crippen LogP) is 1.85. The van der Waals surface area contributed by atoms with E-state index in [4.69, 9.17) is 9.83 Å². The Morgan fingerprint density at radius 2 is 2.10 bits per heavy atom. The Morgan fingerprint density at radius 3 is 2.75 bits per heavy atom. The minimum absolute atomic E-state index is 0.547. The van der Waals surface area contributed by atoms with Crippen molar-refractivity contribution in [1.29, 1.82) is 0 Å². The maximum Gasteiger partial charge on any atom is 0.208 e. The Labute approximate surface area is 118 Å². The lowest BCUT2D eigenvalue weighted by Gasteiger charge is -2.27. The molecule has 3 rings (SSSR count). The minimum atomic E-state index is -0.547. The third kappa shape index (κ3) is 1.99. The molecular formula is C15H20N4O. The van der Waals surface area contributed by atoms with E-state index >= 15 is 0 Å². The summed E-state index contributed by atoms with van der Waals surface area (Å²) in [7, 11) is 6.14. The van der Waals surface area contributed by atoms with E-state index < -0.39 is 5.66 Å². The van der Waals surface area contributed by atoms with Crippen molar-refractivity contribution in [2.75, 3.05) is 20.6 Å². The van der Waals surface area contributed by atoms with E-state index in [2.05, 4.69) is 52.5 Å². The molecule has 1 aliphatic rings. The topological polar surface area (TPSA) is 41.8 Å². The van der Waals surface area contributed by atoms with Crippen molar-refractivity contribution >= 4 is 16.8 Å². The first-order valence-electron chi connectivity index (χ1n) is 6.71. The monoisotopic (exact) mass is 272 g/mol. The summed E-state index contributed by atoms with van der Waals surface area (Å²) < 4.78 is 2.13. The number of aliphatic imine (C=N–C) groups is 1. The van der Waals surface area contributed by atoms with Crippen LogP contribution in [0.2, 0.25) is 0 Å². The van der Waals surface area contributed by atoms with Crippen LogP contribution in [0.5, 0.6) is 0 Å². The predicted molar refractivity (Wildman–Crippen MR) is 80.5 cm³/mol. The number of aromatic nitrogens is 1. The number of nitrogens with one attached hydrogen (secondary N) is 1. The normalized spacial score (nSPS) is 22.4. The first-order valence-corrected chi connectivity index (χ1v) is 6.71. The van der Waals surface area contributed by atoms with Crippen LogP contribution in [0, 0.1) is 0 Å². The van der Waals surface area contributed by atoms with Gasteiger partial charge in [-0.3, -0.25) is 0 Å². The van der Waals surface area contributed by atoms with Crippen LogP contribution in [0.15, 0.2) is 35.5 Å². The molecule has 1 aliphatic heterocycles. The molecule has 20 heavy (non-hydrogen) atoms. The van der Waals surface area contributed by atoms with Crippen LogP contribution in [0.3, 0.4) is 0 Å². The number of aryl methyl sites for hydroxylation is 1. The fraction of sp³-hybridized carbons (Fsp3) is 0.400. The van der Waals surface area contributed by atoms with Crippen LogP contribution >= 0.6 is 0 Å². The van der Waals surface area contributed by atoms with Crippen molar-refractivity contribution in [1.82, 2.24) is 14.9 Å². The van der Waals surface area contributed by atoms with Crippen molar-refractivity contribution in [2.24, 2.45) is 12.0 Å². The Bertz CT molecular complexity index is 674. The van der Waals surface area contributed by atoms with Crippen LogP contribution in [-0.2, 0) is 17.5 Å². The van der Waals surface area contributed by atoms with Crippen molar-refractivity contribution < 1.29 is 4.84 Å². The van der Waals surface area contributed by atoms with Gasteiger partial charge in [-0.15, -0.1) is 5.48 Å². The Morgan fingerprint density at radius 1 is 1.35 bits per heavy atom. The molecule has 0 saturated heterocycles. The maximum atomic E-state index is 5.45. The highest BCUT2D eigenvalue weighted by Gasteiger charge is 2.40. The third-order valence-corrected chi connectivity index (χ3v) is 3.60. The molecule has 0 spiro atoms. The summed E-state index contributed by atoms with van der Waals surface area (Å²) >= 11 is 0. The molecule has 1 aromatic heterocycles. The smallest absolute Gasteiger partial charge is 0.208 e. The van der Waals surface area contributed by atoms with Gasteiger partial charge >= 0.3 is 0 Å². The number of para-hydroxylation sites is 1. The number of likely N-dealkylation sites (N-methyl/N-ethyl adjacent to an activating group) is 1. The number of benzene rings is 1. The van der Waals surface area contributed by atoms with Crippen LogP contribution in [0.1, 0.15) is 12.5 Å². The molecule has 1 atom stereocenters. The first-order chi connectivity index (χ1) is 9.52. The van der Waals surface area contributed by atoms with Gasteiger partial charge in [-0.2, -0.15) is 0 Å².